The van der Waals surface area contributed by atoms with Crippen molar-refractivity contribution < 1.29 is 107 Å². The minimum Gasteiger partial charge on any atom is -0.504 e. The van der Waals surface area contributed by atoms with Crippen LogP contribution in [0.3, 0.4) is 0 Å². The first-order valence-electron chi connectivity index (χ1n) is 44.3. The molecule has 6 aliphatic rings. The van der Waals surface area contributed by atoms with Gasteiger partial charge in [-0.2, -0.15) is 0 Å². The number of rotatable bonds is 22. The van der Waals surface area contributed by atoms with Gasteiger partial charge < -0.3 is 112 Å². The fourth-order valence-electron chi connectivity index (χ4n) is 14.8. The summed E-state index contributed by atoms with van der Waals surface area (Å²) in [4.78, 5) is 134. The van der Waals surface area contributed by atoms with Gasteiger partial charge in [0, 0.05) is 38.1 Å². The SMILES string of the molecule is CC(OCc1ccccc1)[C@@H]1NC(=O)[C@@H](N)Cc2cc(I)c(O)c(c2)Oc2c(Br)cc(cc2Br)C[C@@H](C)NC1=O.CC(OCc1ccccc1)[C@@H]1NC(=O)[C@@H](NC(=O)OC(C)(C)C)Cc2cc(I)c(O)c(c2)Oc2c(Br)cc(cc2Br)C[C@@H](C(=O)O)NC1=O.CNCCCCCC(=O)N[C@H]1Cc2cc(I)c(O)c(c2)Oc2c(Br)cc(cc2Br)C[C@@H](C(=O)O)NC(=O)[C@H](C(C)OCc2ccccc2)NC1=O. The lowest BCUT2D eigenvalue weighted by atomic mass is 10.0. The molecule has 8 amide bonds. The smallest absolute Gasteiger partial charge is 0.408 e. The van der Waals surface area contributed by atoms with Crippen molar-refractivity contribution >= 4 is 223 Å². The Hall–Kier alpha value is -8.85. The second kappa shape index (κ2) is 53.7. The first-order valence-corrected chi connectivity index (χ1v) is 52.3. The highest BCUT2D eigenvalue weighted by Crippen LogP contribution is 2.47. The van der Waals surface area contributed by atoms with E-state index >= 15 is 0 Å². The van der Waals surface area contributed by atoms with Gasteiger partial charge in [0.05, 0.1) is 81.7 Å². The van der Waals surface area contributed by atoms with Crippen molar-refractivity contribution in [3.63, 3.8) is 0 Å². The number of alkyl carbamates (subject to hydrolysis) is 1. The number of amides is 8. The van der Waals surface area contributed by atoms with E-state index < -0.39 is 120 Å². The second-order valence-electron chi connectivity index (χ2n) is 34.5. The summed E-state index contributed by atoms with van der Waals surface area (Å²) >= 11 is 27.0. The monoisotopic (exact) mass is 2640 g/mol. The zero-order valence-electron chi connectivity index (χ0n) is 77.1. The van der Waals surface area contributed by atoms with Crippen molar-refractivity contribution in [2.45, 2.75) is 211 Å². The first-order chi connectivity index (χ1) is 66.4. The predicted molar refractivity (Wildman–Crippen MR) is 571 cm³/mol. The van der Waals surface area contributed by atoms with Gasteiger partial charge in [0.15, 0.2) is 51.7 Å². The van der Waals surface area contributed by atoms with Gasteiger partial charge in [-0.1, -0.05) is 97.4 Å². The second-order valence-corrected chi connectivity index (χ2v) is 43.1. The maximum atomic E-state index is 14.1. The molecule has 0 saturated carbocycles. The summed E-state index contributed by atoms with van der Waals surface area (Å²) in [6.45, 7) is 13.2. The van der Waals surface area contributed by atoms with Crippen LogP contribution in [0.2, 0.25) is 0 Å². The zero-order chi connectivity index (χ0) is 102. The molecule has 41 heteroatoms. The molecule has 16 N–H and O–H groups in total. The molecule has 748 valence electrons. The summed E-state index contributed by atoms with van der Waals surface area (Å²) in [6.07, 6.45) is -0.538. The number of carboxylic acids is 2. The van der Waals surface area contributed by atoms with Crippen molar-refractivity contribution in [1.82, 2.24) is 47.9 Å². The minimum atomic E-state index is -1.40. The lowest BCUT2D eigenvalue weighted by Gasteiger charge is -2.29. The number of halogens is 9. The molecule has 0 saturated heterocycles. The first kappa shape index (κ1) is 113. The summed E-state index contributed by atoms with van der Waals surface area (Å²) in [5.41, 5.74) is 11.8. The summed E-state index contributed by atoms with van der Waals surface area (Å²) in [5, 5.41) is 77.7. The highest BCUT2D eigenvalue weighted by Gasteiger charge is 2.39. The maximum Gasteiger partial charge on any atom is 0.408 e. The van der Waals surface area contributed by atoms with E-state index in [-0.39, 0.29) is 116 Å². The van der Waals surface area contributed by atoms with Crippen molar-refractivity contribution in [2.75, 3.05) is 13.6 Å². The van der Waals surface area contributed by atoms with Gasteiger partial charge in [0.2, 0.25) is 41.4 Å². The van der Waals surface area contributed by atoms with Crippen LogP contribution in [0.5, 0.6) is 51.7 Å². The number of aliphatic carboxylic acids is 2. The van der Waals surface area contributed by atoms with Crippen LogP contribution in [0.1, 0.15) is 124 Å². The largest absolute Gasteiger partial charge is 0.504 e. The summed E-state index contributed by atoms with van der Waals surface area (Å²) in [5.74, 6) is -5.60. The van der Waals surface area contributed by atoms with Gasteiger partial charge in [0.25, 0.3) is 0 Å². The fraction of sp³-hybridized carbons (Fsp3) is 0.354. The Morgan fingerprint density at radius 3 is 1.10 bits per heavy atom. The Morgan fingerprint density at radius 1 is 0.436 bits per heavy atom. The quantitative estimate of drug-likeness (QED) is 0.0221. The molecule has 9 aromatic carbocycles. The summed E-state index contributed by atoms with van der Waals surface area (Å²) in [7, 11) is 1.86. The third-order valence-corrected chi connectivity index (χ3v) is 28.0. The number of phenols is 3. The number of aromatic hydroxyl groups is 3. The van der Waals surface area contributed by atoms with E-state index in [1.54, 1.807) is 96.1 Å². The van der Waals surface area contributed by atoms with Crippen LogP contribution in [0.25, 0.3) is 0 Å². The molecule has 0 fully saturated rings. The van der Waals surface area contributed by atoms with E-state index in [4.69, 9.17) is 38.9 Å². The highest BCUT2D eigenvalue weighted by atomic mass is 127. The number of carbonyl (C=O) groups excluding carboxylic acids is 8. The zero-order valence-corrected chi connectivity index (χ0v) is 93.1. The van der Waals surface area contributed by atoms with Gasteiger partial charge in [0.1, 0.15) is 47.9 Å². The number of fused-ring (bicyclic) bond motifs is 30. The summed E-state index contributed by atoms with van der Waals surface area (Å²) in [6, 6.07) is 38.3. The fourth-order valence-corrected chi connectivity index (χ4v) is 21.1. The van der Waals surface area contributed by atoms with Gasteiger partial charge in [-0.05, 0) is 374 Å². The molecule has 0 spiro atoms. The van der Waals surface area contributed by atoms with Crippen LogP contribution in [-0.2, 0) is 120 Å². The van der Waals surface area contributed by atoms with Crippen molar-refractivity contribution in [1.29, 1.82) is 0 Å². The molecule has 12 atom stereocenters. The molecule has 9 aromatic rings. The van der Waals surface area contributed by atoms with Crippen molar-refractivity contribution in [3.8, 4) is 51.7 Å². The average molecular weight is 2650 g/mol. The van der Waals surface area contributed by atoms with E-state index in [9.17, 15) is 73.5 Å². The highest BCUT2D eigenvalue weighted by molar-refractivity contribution is 14.1. The third-order valence-electron chi connectivity index (χ3n) is 22.0. The number of hydrogen-bond donors (Lipinski definition) is 15. The third kappa shape index (κ3) is 33.9. The molecule has 6 heterocycles. The van der Waals surface area contributed by atoms with Crippen LogP contribution in [0, 0.1) is 10.7 Å². The number of ether oxygens (including phenoxy) is 7. The maximum absolute atomic E-state index is 14.1. The number of hydrogen-bond acceptors (Lipinski definition) is 22. The number of unbranched alkanes of at least 4 members (excludes halogenated alkanes) is 2. The molecule has 0 aromatic heterocycles. The lowest BCUT2D eigenvalue weighted by molar-refractivity contribution is -0.143. The Labute approximate surface area is 901 Å². The standard InChI is InChI=1S/C36H41Br2IN4O8.C34H36Br2IN3O9.C29H30Br2IN3O5/c1-20(50-19-21-9-5-3-6-10-21)31-35(47)42-28(36(48)49)17-22-13-24(37)33(25(38)14-22)51-29-18-23(15-26(39)32(29)45)16-27(34(46)43-31)41-30(44)11-7-4-8-12-40-2;1-17(47-16-18-8-6-5-7-9-18)27-31(43)38-25(32(44)45)14-19-10-21(35)29(22(36)11-19)48-26-15-20(12-23(37)28(26)41)13-24(30(42)40-27)39-33(46)49-34(2,3)4;1-15-8-18-9-20(30)27(21(31)10-18)40-24-13-19(11-22(32)26(24)36)12-23(33)28(37)35-25(29(38)34-15)16(2)39-14-17-6-4-3-5-7-17/h3,5-6,9-10,13-15,18,20,27-28,31,40,45H,4,7-8,11-12,16-17,19H2,1-2H3,(H,41,44)(H,42,47)(H,43,46)(H,48,49);5-12,15,17,24-25,27,41H,13-14,16H2,1-4H3,(H,38,43)(H,39,46)(H,40,42)(H,44,45);3-7,9-11,13,15-16,23,25,36H,8,12,14,33H2,1-2H3,(H,34,38)(H,35,37)/t20?,27-,28-,31-;17?,24-,25-,27-;15-,16?,23+,25+/m001/s1. The molecule has 12 bridgehead atoms. The average Bonchev–Trinajstić information content (AvgIpc) is 0.905. The van der Waals surface area contributed by atoms with Crippen molar-refractivity contribution in [3.05, 3.63) is 251 Å². The Kier molecular flexibility index (Phi) is 43.3. The summed E-state index contributed by atoms with van der Waals surface area (Å²) < 4.78 is 46.5. The molecule has 0 radical (unpaired) electrons. The van der Waals surface area contributed by atoms with Gasteiger partial charge in [-0.25, -0.2) is 14.4 Å². The van der Waals surface area contributed by atoms with E-state index in [2.05, 4.69) is 143 Å². The van der Waals surface area contributed by atoms with E-state index in [1.807, 2.05) is 185 Å². The van der Waals surface area contributed by atoms with Crippen LogP contribution in [0.4, 0.5) is 4.79 Å². The van der Waals surface area contributed by atoms with Gasteiger partial charge in [-0.15, -0.1) is 0 Å². The van der Waals surface area contributed by atoms with Crippen LogP contribution in [0.15, 0.2) is 191 Å². The molecule has 0 aliphatic carbocycles. The number of phenolic OH excluding ortho intramolecular Hbond substituents is 3. The normalized spacial score (nSPS) is 19.4. The van der Waals surface area contributed by atoms with E-state index in [0.29, 0.717) is 89.7 Å². The Balaban J connectivity index is 0.000000218. The Morgan fingerprint density at radius 2 is 0.757 bits per heavy atom. The van der Waals surface area contributed by atoms with Gasteiger partial charge >= 0.3 is 18.0 Å². The van der Waals surface area contributed by atoms with Crippen LogP contribution in [-0.4, -0.2) is 177 Å². The van der Waals surface area contributed by atoms with Crippen LogP contribution >= 0.6 is 163 Å². The molecule has 3 unspecified atom stereocenters. The topological polar surface area (TPSA) is 471 Å². The number of nitrogens with one attached hydrogen (secondary N) is 9. The molecule has 32 nitrogen and oxygen atoms in total. The lowest BCUT2D eigenvalue weighted by Crippen LogP contribution is -2.60. The van der Waals surface area contributed by atoms with Gasteiger partial charge in [-0.3, -0.25) is 33.6 Å². The van der Waals surface area contributed by atoms with E-state index in [1.165, 1.54) is 6.07 Å². The molecular formula is C99H107Br6I3N10O22. The van der Waals surface area contributed by atoms with Crippen molar-refractivity contribution in [2.24, 2.45) is 5.73 Å². The number of carboxylic acid groups (broad SMARTS) is 2. The minimum absolute atomic E-state index is 0.0173. The molecule has 140 heavy (non-hydrogen) atoms. The number of benzene rings is 9. The van der Waals surface area contributed by atoms with E-state index in [0.717, 1.165) is 41.6 Å². The molecule has 15 rings (SSSR count). The van der Waals surface area contributed by atoms with Crippen LogP contribution < -0.4 is 67.8 Å². The Bertz CT molecular complexity index is 5880. The number of nitrogens with two attached hydrogens (primary N) is 1. The molecule has 6 aliphatic heterocycles. The molecular weight excluding hydrogens is 2540 g/mol. The predicted octanol–water partition coefficient (Wildman–Crippen LogP) is 16.6. The number of carbonyl (C=O) groups is 10.